The number of unbranched alkanes of at least 4 members (excludes halogenated alkanes) is 1. The van der Waals surface area contributed by atoms with Crippen LogP contribution in [0.5, 0.6) is 0 Å². The topological polar surface area (TPSA) is 72.2 Å². The van der Waals surface area contributed by atoms with Gasteiger partial charge in [-0.05, 0) is 19.3 Å². The fourth-order valence-electron chi connectivity index (χ4n) is 1.76. The van der Waals surface area contributed by atoms with E-state index in [2.05, 4.69) is 4.72 Å². The highest BCUT2D eigenvalue weighted by Crippen LogP contribution is 2.17. The first-order valence-corrected chi connectivity index (χ1v) is 6.96. The molecule has 0 aromatic heterocycles. The lowest BCUT2D eigenvalue weighted by Crippen LogP contribution is -2.44. The van der Waals surface area contributed by atoms with Crippen LogP contribution >= 0.6 is 0 Å². The maximum absolute atomic E-state index is 11.5. The fourth-order valence-corrected chi connectivity index (χ4v) is 3.30. The zero-order chi connectivity index (χ0) is 10.6. The van der Waals surface area contributed by atoms with Gasteiger partial charge >= 0.3 is 0 Å². The van der Waals surface area contributed by atoms with Gasteiger partial charge in [0.15, 0.2) is 0 Å². The summed E-state index contributed by atoms with van der Waals surface area (Å²) in [5.74, 6) is 0.229. The van der Waals surface area contributed by atoms with Crippen molar-refractivity contribution in [1.29, 1.82) is 0 Å². The summed E-state index contributed by atoms with van der Waals surface area (Å²) in [5, 5.41) is 0. The van der Waals surface area contributed by atoms with Crippen molar-refractivity contribution < 1.29 is 8.42 Å². The van der Waals surface area contributed by atoms with Gasteiger partial charge in [-0.25, -0.2) is 13.1 Å². The van der Waals surface area contributed by atoms with E-state index in [9.17, 15) is 8.42 Å². The molecular weight excluding hydrogens is 200 g/mol. The Kier molecular flexibility index (Phi) is 4.34. The van der Waals surface area contributed by atoms with Crippen LogP contribution in [-0.2, 0) is 10.0 Å². The second kappa shape index (κ2) is 5.09. The van der Waals surface area contributed by atoms with Crippen molar-refractivity contribution in [3.05, 3.63) is 0 Å². The first-order chi connectivity index (χ1) is 6.55. The molecule has 1 rings (SSSR count). The molecule has 0 aromatic rings. The molecule has 1 saturated carbocycles. The van der Waals surface area contributed by atoms with Crippen LogP contribution in [0.2, 0.25) is 0 Å². The van der Waals surface area contributed by atoms with Crippen LogP contribution in [0, 0.1) is 0 Å². The molecule has 0 radical (unpaired) electrons. The molecule has 0 aliphatic heterocycles. The Morgan fingerprint density at radius 3 is 2.64 bits per heavy atom. The van der Waals surface area contributed by atoms with Crippen LogP contribution in [0.3, 0.4) is 0 Å². The van der Waals surface area contributed by atoms with Crippen LogP contribution in [0.4, 0.5) is 0 Å². The lowest BCUT2D eigenvalue weighted by Gasteiger charge is -2.16. The molecule has 84 valence electrons. The van der Waals surface area contributed by atoms with Gasteiger partial charge in [0.05, 0.1) is 5.75 Å². The molecule has 3 N–H and O–H groups in total. The summed E-state index contributed by atoms with van der Waals surface area (Å²) in [6.45, 7) is 1.98. The fraction of sp³-hybridized carbons (Fsp3) is 1.00. The Labute approximate surface area is 86.3 Å². The van der Waals surface area contributed by atoms with Crippen molar-refractivity contribution in [2.45, 2.75) is 51.1 Å². The summed E-state index contributed by atoms with van der Waals surface area (Å²) in [5.41, 5.74) is 5.79. The SMILES string of the molecule is CCCCS(=O)(=O)NC1CCCC1N. The molecule has 1 fully saturated rings. The molecule has 0 saturated heterocycles. The summed E-state index contributed by atoms with van der Waals surface area (Å²) in [4.78, 5) is 0. The van der Waals surface area contributed by atoms with E-state index in [4.69, 9.17) is 5.73 Å². The third-order valence-electron chi connectivity index (χ3n) is 2.67. The standard InChI is InChI=1S/C9H20N2O2S/c1-2-3-7-14(12,13)11-9-6-4-5-8(9)10/h8-9,11H,2-7,10H2,1H3. The van der Waals surface area contributed by atoms with Gasteiger partial charge in [-0.15, -0.1) is 0 Å². The Morgan fingerprint density at radius 2 is 2.14 bits per heavy atom. The Bertz CT molecular complexity index is 264. The first-order valence-electron chi connectivity index (χ1n) is 5.31. The minimum absolute atomic E-state index is 0.00593. The van der Waals surface area contributed by atoms with Gasteiger partial charge in [-0.2, -0.15) is 0 Å². The highest BCUT2D eigenvalue weighted by Gasteiger charge is 2.27. The van der Waals surface area contributed by atoms with Crippen molar-refractivity contribution in [2.24, 2.45) is 5.73 Å². The average molecular weight is 220 g/mol. The summed E-state index contributed by atoms with van der Waals surface area (Å²) in [6, 6.07) is -0.0248. The predicted molar refractivity (Wildman–Crippen MR) is 57.4 cm³/mol. The number of rotatable bonds is 5. The molecular formula is C9H20N2O2S. The lowest BCUT2D eigenvalue weighted by molar-refractivity contribution is 0.520. The van der Waals surface area contributed by atoms with E-state index >= 15 is 0 Å². The van der Waals surface area contributed by atoms with Gasteiger partial charge < -0.3 is 5.73 Å². The second-order valence-electron chi connectivity index (χ2n) is 3.99. The maximum atomic E-state index is 11.5. The normalized spacial score (nSPS) is 28.1. The summed E-state index contributed by atoms with van der Waals surface area (Å²) in [6.07, 6.45) is 4.46. The van der Waals surface area contributed by atoms with Gasteiger partial charge in [-0.1, -0.05) is 19.8 Å². The molecule has 14 heavy (non-hydrogen) atoms. The molecule has 1 aliphatic carbocycles. The molecule has 0 aromatic carbocycles. The second-order valence-corrected chi connectivity index (χ2v) is 5.86. The molecule has 0 spiro atoms. The lowest BCUT2D eigenvalue weighted by atomic mass is 10.2. The molecule has 0 heterocycles. The van der Waals surface area contributed by atoms with Gasteiger partial charge in [0.25, 0.3) is 0 Å². The van der Waals surface area contributed by atoms with Gasteiger partial charge in [0.2, 0.25) is 10.0 Å². The number of hydrogen-bond acceptors (Lipinski definition) is 3. The van der Waals surface area contributed by atoms with Crippen molar-refractivity contribution in [3.63, 3.8) is 0 Å². The van der Waals surface area contributed by atoms with Crippen LogP contribution in [0.1, 0.15) is 39.0 Å². The van der Waals surface area contributed by atoms with Gasteiger partial charge in [-0.3, -0.25) is 0 Å². The number of sulfonamides is 1. The van der Waals surface area contributed by atoms with Crippen LogP contribution < -0.4 is 10.5 Å². The summed E-state index contributed by atoms with van der Waals surface area (Å²) >= 11 is 0. The molecule has 1 aliphatic rings. The molecule has 2 atom stereocenters. The number of nitrogens with two attached hydrogens (primary N) is 1. The monoisotopic (exact) mass is 220 g/mol. The average Bonchev–Trinajstić information content (AvgIpc) is 2.48. The Balaban J connectivity index is 2.42. The van der Waals surface area contributed by atoms with E-state index in [0.29, 0.717) is 0 Å². The molecule has 0 bridgehead atoms. The van der Waals surface area contributed by atoms with Crippen molar-refractivity contribution in [3.8, 4) is 0 Å². The highest BCUT2D eigenvalue weighted by atomic mass is 32.2. The molecule has 2 unspecified atom stereocenters. The van der Waals surface area contributed by atoms with Crippen molar-refractivity contribution in [2.75, 3.05) is 5.75 Å². The minimum Gasteiger partial charge on any atom is -0.326 e. The van der Waals surface area contributed by atoms with Gasteiger partial charge in [0, 0.05) is 12.1 Å². The molecule has 4 nitrogen and oxygen atoms in total. The first kappa shape index (κ1) is 11.9. The molecule has 0 amide bonds. The number of hydrogen-bond donors (Lipinski definition) is 2. The Hall–Kier alpha value is -0.130. The number of nitrogens with one attached hydrogen (secondary N) is 1. The third-order valence-corrected chi connectivity index (χ3v) is 4.15. The zero-order valence-electron chi connectivity index (χ0n) is 8.70. The van der Waals surface area contributed by atoms with Crippen LogP contribution in [0.15, 0.2) is 0 Å². The van der Waals surface area contributed by atoms with Crippen LogP contribution in [-0.4, -0.2) is 26.3 Å². The largest absolute Gasteiger partial charge is 0.326 e. The summed E-state index contributed by atoms with van der Waals surface area (Å²) in [7, 11) is -3.09. The minimum atomic E-state index is -3.09. The van der Waals surface area contributed by atoms with E-state index in [1.54, 1.807) is 0 Å². The van der Waals surface area contributed by atoms with E-state index in [-0.39, 0.29) is 17.8 Å². The van der Waals surface area contributed by atoms with Crippen molar-refractivity contribution in [1.82, 2.24) is 4.72 Å². The molecule has 5 heteroatoms. The quantitative estimate of drug-likeness (QED) is 0.712. The van der Waals surface area contributed by atoms with E-state index in [0.717, 1.165) is 32.1 Å². The predicted octanol–water partition coefficient (Wildman–Crippen LogP) is 0.586. The van der Waals surface area contributed by atoms with E-state index in [1.165, 1.54) is 0 Å². The highest BCUT2D eigenvalue weighted by molar-refractivity contribution is 7.89. The van der Waals surface area contributed by atoms with Gasteiger partial charge in [0.1, 0.15) is 0 Å². The Morgan fingerprint density at radius 1 is 1.43 bits per heavy atom. The van der Waals surface area contributed by atoms with Crippen molar-refractivity contribution >= 4 is 10.0 Å². The van der Waals surface area contributed by atoms with Crippen LogP contribution in [0.25, 0.3) is 0 Å². The van der Waals surface area contributed by atoms with E-state index in [1.807, 2.05) is 6.92 Å². The zero-order valence-corrected chi connectivity index (χ0v) is 9.52. The maximum Gasteiger partial charge on any atom is 0.211 e. The third kappa shape index (κ3) is 3.55. The van der Waals surface area contributed by atoms with E-state index < -0.39 is 10.0 Å². The summed E-state index contributed by atoms with van der Waals surface area (Å²) < 4.78 is 25.7. The smallest absolute Gasteiger partial charge is 0.211 e.